The number of rotatable bonds is 8. The molecular weight excluding hydrogens is 340 g/mol. The quantitative estimate of drug-likeness (QED) is 0.634. The Morgan fingerprint density at radius 1 is 1.27 bits per heavy atom. The maximum Gasteiger partial charge on any atom is 0.354 e. The standard InChI is InChI=1S/C16H22N6O4/c1-10(2)8-17-15(24)14-11(9-19-21(14)3)20-13(23)5-7-22-12(16(25)26)4-6-18-22/h4,6,9-10H,5,7-8H2,1-3H3,(H,17,24)(H,20,23)(H,25,26). The maximum absolute atomic E-state index is 12.3. The molecular formula is C16H22N6O4. The van der Waals surface area contributed by atoms with E-state index < -0.39 is 5.97 Å². The van der Waals surface area contributed by atoms with Gasteiger partial charge in [-0.25, -0.2) is 4.79 Å². The number of hydrogen-bond donors (Lipinski definition) is 3. The van der Waals surface area contributed by atoms with Crippen molar-refractivity contribution in [3.05, 3.63) is 29.8 Å². The average molecular weight is 362 g/mol. The molecule has 26 heavy (non-hydrogen) atoms. The molecule has 140 valence electrons. The molecule has 2 aromatic heterocycles. The number of carboxylic acids is 1. The van der Waals surface area contributed by atoms with E-state index in [0.717, 1.165) is 0 Å². The number of aromatic nitrogens is 4. The third-order valence-corrected chi connectivity index (χ3v) is 3.59. The van der Waals surface area contributed by atoms with Crippen LogP contribution in [0.5, 0.6) is 0 Å². The van der Waals surface area contributed by atoms with E-state index in [1.165, 1.54) is 27.8 Å². The zero-order valence-corrected chi connectivity index (χ0v) is 14.9. The molecule has 2 heterocycles. The van der Waals surface area contributed by atoms with Crippen molar-refractivity contribution in [1.29, 1.82) is 0 Å². The molecule has 0 bridgehead atoms. The number of aromatic carboxylic acids is 1. The average Bonchev–Trinajstić information content (AvgIpc) is 3.17. The minimum atomic E-state index is -1.11. The summed E-state index contributed by atoms with van der Waals surface area (Å²) in [7, 11) is 1.61. The summed E-state index contributed by atoms with van der Waals surface area (Å²) in [4.78, 5) is 35.5. The number of hydrogen-bond acceptors (Lipinski definition) is 5. The highest BCUT2D eigenvalue weighted by molar-refractivity contribution is 6.02. The lowest BCUT2D eigenvalue weighted by atomic mass is 10.2. The Hall–Kier alpha value is -3.17. The molecule has 0 radical (unpaired) electrons. The lowest BCUT2D eigenvalue weighted by molar-refractivity contribution is -0.116. The zero-order chi connectivity index (χ0) is 19.3. The van der Waals surface area contributed by atoms with Crippen molar-refractivity contribution in [1.82, 2.24) is 24.9 Å². The number of nitrogens with zero attached hydrogens (tertiary/aromatic N) is 4. The minimum Gasteiger partial charge on any atom is -0.477 e. The van der Waals surface area contributed by atoms with Crippen LogP contribution in [-0.4, -0.2) is 49.0 Å². The van der Waals surface area contributed by atoms with Crippen LogP contribution in [0, 0.1) is 5.92 Å². The lowest BCUT2D eigenvalue weighted by Gasteiger charge is -2.10. The molecule has 0 aliphatic heterocycles. The number of carbonyl (C=O) groups excluding carboxylic acids is 2. The van der Waals surface area contributed by atoms with E-state index in [1.807, 2.05) is 13.8 Å². The van der Waals surface area contributed by atoms with Gasteiger partial charge in [0.1, 0.15) is 11.4 Å². The summed E-state index contributed by atoms with van der Waals surface area (Å²) >= 11 is 0. The van der Waals surface area contributed by atoms with Crippen molar-refractivity contribution in [3.8, 4) is 0 Å². The summed E-state index contributed by atoms with van der Waals surface area (Å²) in [5, 5.41) is 22.3. The highest BCUT2D eigenvalue weighted by atomic mass is 16.4. The van der Waals surface area contributed by atoms with Gasteiger partial charge >= 0.3 is 5.97 Å². The third-order valence-electron chi connectivity index (χ3n) is 3.59. The molecule has 0 aromatic carbocycles. The van der Waals surface area contributed by atoms with Gasteiger partial charge in [0, 0.05) is 26.2 Å². The molecule has 0 spiro atoms. The Morgan fingerprint density at radius 3 is 2.65 bits per heavy atom. The van der Waals surface area contributed by atoms with Crippen molar-refractivity contribution in [3.63, 3.8) is 0 Å². The van der Waals surface area contributed by atoms with E-state index in [9.17, 15) is 14.4 Å². The van der Waals surface area contributed by atoms with Crippen LogP contribution in [-0.2, 0) is 18.4 Å². The van der Waals surface area contributed by atoms with Gasteiger partial charge in [0.05, 0.1) is 18.4 Å². The first-order valence-corrected chi connectivity index (χ1v) is 8.14. The monoisotopic (exact) mass is 362 g/mol. The second-order valence-electron chi connectivity index (χ2n) is 6.18. The van der Waals surface area contributed by atoms with E-state index in [4.69, 9.17) is 5.11 Å². The van der Waals surface area contributed by atoms with Gasteiger partial charge in [-0.3, -0.25) is 19.0 Å². The molecule has 0 atom stereocenters. The van der Waals surface area contributed by atoms with Crippen LogP contribution in [0.25, 0.3) is 0 Å². The summed E-state index contributed by atoms with van der Waals surface area (Å²) < 4.78 is 2.63. The zero-order valence-electron chi connectivity index (χ0n) is 14.9. The number of aryl methyl sites for hydroxylation is 2. The van der Waals surface area contributed by atoms with Gasteiger partial charge in [-0.05, 0) is 12.0 Å². The Labute approximate surface area is 150 Å². The highest BCUT2D eigenvalue weighted by Gasteiger charge is 2.19. The van der Waals surface area contributed by atoms with Gasteiger partial charge in [0.25, 0.3) is 5.91 Å². The summed E-state index contributed by atoms with van der Waals surface area (Å²) in [6.45, 7) is 4.57. The fourth-order valence-electron chi connectivity index (χ4n) is 2.29. The molecule has 2 amide bonds. The predicted octanol–water partition coefficient (Wildman–Crippen LogP) is 0.729. The third kappa shape index (κ3) is 4.68. The van der Waals surface area contributed by atoms with Crippen molar-refractivity contribution >= 4 is 23.5 Å². The molecule has 3 N–H and O–H groups in total. The molecule has 2 rings (SSSR count). The van der Waals surface area contributed by atoms with E-state index >= 15 is 0 Å². The van der Waals surface area contributed by atoms with Crippen LogP contribution in [0.3, 0.4) is 0 Å². The summed E-state index contributed by atoms with van der Waals surface area (Å²) in [5.41, 5.74) is 0.565. The molecule has 2 aromatic rings. The van der Waals surface area contributed by atoms with Gasteiger partial charge in [-0.15, -0.1) is 0 Å². The maximum atomic E-state index is 12.3. The van der Waals surface area contributed by atoms with Gasteiger partial charge in [0.15, 0.2) is 0 Å². The fourth-order valence-corrected chi connectivity index (χ4v) is 2.29. The largest absolute Gasteiger partial charge is 0.477 e. The molecule has 0 unspecified atom stereocenters. The van der Waals surface area contributed by atoms with Crippen molar-refractivity contribution < 1.29 is 19.5 Å². The lowest BCUT2D eigenvalue weighted by Crippen LogP contribution is -2.30. The SMILES string of the molecule is CC(C)CNC(=O)c1c(NC(=O)CCn2nccc2C(=O)O)cnn1C. The van der Waals surface area contributed by atoms with Crippen molar-refractivity contribution in [2.75, 3.05) is 11.9 Å². The second-order valence-corrected chi connectivity index (χ2v) is 6.18. The second kappa shape index (κ2) is 8.28. The number of amides is 2. The van der Waals surface area contributed by atoms with E-state index in [0.29, 0.717) is 18.2 Å². The Balaban J connectivity index is 2.00. The van der Waals surface area contributed by atoms with Crippen molar-refractivity contribution in [2.45, 2.75) is 26.8 Å². The topological polar surface area (TPSA) is 131 Å². The molecule has 0 aliphatic rings. The predicted molar refractivity (Wildman–Crippen MR) is 92.8 cm³/mol. The van der Waals surface area contributed by atoms with Crippen LogP contribution in [0.1, 0.15) is 41.2 Å². The van der Waals surface area contributed by atoms with Gasteiger partial charge in [-0.2, -0.15) is 10.2 Å². The first-order chi connectivity index (χ1) is 12.3. The Kier molecular flexibility index (Phi) is 6.10. The summed E-state index contributed by atoms with van der Waals surface area (Å²) in [5.74, 6) is -1.51. The normalized spacial score (nSPS) is 10.8. The molecule has 0 saturated heterocycles. The first-order valence-electron chi connectivity index (χ1n) is 8.14. The van der Waals surface area contributed by atoms with Crippen molar-refractivity contribution in [2.24, 2.45) is 13.0 Å². The number of anilines is 1. The van der Waals surface area contributed by atoms with Gasteiger partial charge in [0.2, 0.25) is 5.91 Å². The number of carboxylic acid groups (broad SMARTS) is 1. The summed E-state index contributed by atoms with van der Waals surface area (Å²) in [6, 6.07) is 1.36. The van der Waals surface area contributed by atoms with Crippen LogP contribution in [0.4, 0.5) is 5.69 Å². The highest BCUT2D eigenvalue weighted by Crippen LogP contribution is 2.14. The fraction of sp³-hybridized carbons (Fsp3) is 0.438. The molecule has 0 saturated carbocycles. The van der Waals surface area contributed by atoms with Crippen LogP contribution < -0.4 is 10.6 Å². The Bertz CT molecular complexity index is 808. The Morgan fingerprint density at radius 2 is 2.00 bits per heavy atom. The smallest absolute Gasteiger partial charge is 0.354 e. The van der Waals surface area contributed by atoms with Crippen LogP contribution in [0.15, 0.2) is 18.5 Å². The number of nitrogens with one attached hydrogen (secondary N) is 2. The van der Waals surface area contributed by atoms with Crippen LogP contribution >= 0.6 is 0 Å². The molecule has 10 heteroatoms. The summed E-state index contributed by atoms with van der Waals surface area (Å²) in [6.07, 6.45) is 2.77. The molecule has 0 aliphatic carbocycles. The van der Waals surface area contributed by atoms with Gasteiger partial charge < -0.3 is 15.7 Å². The minimum absolute atomic E-state index is 0.00388. The van der Waals surface area contributed by atoms with Gasteiger partial charge in [-0.1, -0.05) is 13.8 Å². The number of carbonyl (C=O) groups is 3. The van der Waals surface area contributed by atoms with E-state index in [1.54, 1.807) is 7.05 Å². The van der Waals surface area contributed by atoms with E-state index in [2.05, 4.69) is 20.8 Å². The first kappa shape index (κ1) is 19.2. The molecule has 10 nitrogen and oxygen atoms in total. The molecule has 0 fully saturated rings. The van der Waals surface area contributed by atoms with E-state index in [-0.39, 0.29) is 36.2 Å². The van der Waals surface area contributed by atoms with Crippen LogP contribution in [0.2, 0.25) is 0 Å².